The zero-order valence-electron chi connectivity index (χ0n) is 16.4. The van der Waals surface area contributed by atoms with Gasteiger partial charge >= 0.3 is 5.97 Å². The van der Waals surface area contributed by atoms with E-state index in [1.54, 1.807) is 0 Å². The molecule has 1 aromatic carbocycles. The van der Waals surface area contributed by atoms with E-state index in [1.807, 2.05) is 44.2 Å². The molecule has 1 fully saturated rings. The van der Waals surface area contributed by atoms with Gasteiger partial charge in [-0.25, -0.2) is 14.8 Å². The van der Waals surface area contributed by atoms with Crippen LogP contribution < -0.4 is 0 Å². The number of carboxylic acids is 1. The molecule has 7 heteroatoms. The van der Waals surface area contributed by atoms with Crippen molar-refractivity contribution in [3.63, 3.8) is 0 Å². The van der Waals surface area contributed by atoms with Crippen LogP contribution in [0, 0.1) is 6.92 Å². The number of aromatic carboxylic acids is 1. The highest BCUT2D eigenvalue weighted by Crippen LogP contribution is 2.40. The van der Waals surface area contributed by atoms with Crippen molar-refractivity contribution < 1.29 is 9.90 Å². The van der Waals surface area contributed by atoms with Crippen LogP contribution in [0.2, 0.25) is 0 Å². The lowest BCUT2D eigenvalue weighted by molar-refractivity contribution is 0.0703. The van der Waals surface area contributed by atoms with E-state index in [-0.39, 0.29) is 4.88 Å². The van der Waals surface area contributed by atoms with Gasteiger partial charge in [0.1, 0.15) is 21.2 Å². The molecule has 5 nitrogen and oxygen atoms in total. The van der Waals surface area contributed by atoms with E-state index in [0.29, 0.717) is 10.5 Å². The number of rotatable bonds is 3. The molecule has 1 aliphatic heterocycles. The Morgan fingerprint density at radius 2 is 1.90 bits per heavy atom. The Morgan fingerprint density at radius 3 is 2.55 bits per heavy atom. The van der Waals surface area contributed by atoms with Gasteiger partial charge < -0.3 is 10.0 Å². The molecule has 0 aliphatic carbocycles. The highest BCUT2D eigenvalue weighted by Gasteiger charge is 2.22. The lowest BCUT2D eigenvalue weighted by atomic mass is 10.1. The summed E-state index contributed by atoms with van der Waals surface area (Å²) in [5, 5.41) is 10.6. The molecule has 3 aromatic rings. The van der Waals surface area contributed by atoms with Gasteiger partial charge in [-0.05, 0) is 56.9 Å². The SMILES string of the molecule is CC(=Nc1c(C(=O)O)sc2nc(-c3ccc(Br)cc3)cc(C)c12)N1CCCCC1. The molecule has 150 valence electrons. The van der Waals surface area contributed by atoms with E-state index in [9.17, 15) is 9.90 Å². The number of aromatic nitrogens is 1. The molecule has 3 heterocycles. The number of thiophene rings is 1. The van der Waals surface area contributed by atoms with Gasteiger partial charge in [0.25, 0.3) is 0 Å². The van der Waals surface area contributed by atoms with Crippen molar-refractivity contribution >= 4 is 55.0 Å². The molecule has 0 atom stereocenters. The first-order chi connectivity index (χ1) is 13.9. The topological polar surface area (TPSA) is 65.8 Å². The standard InChI is InChI=1S/C22H22BrN3O2S/c1-13-12-17(15-6-8-16(23)9-7-15)25-21-18(13)19(20(29-21)22(27)28)24-14(2)26-10-4-3-5-11-26/h6-9,12H,3-5,10-11H2,1-2H3,(H,27,28). The number of benzene rings is 1. The van der Waals surface area contributed by atoms with Crippen molar-refractivity contribution in [2.24, 2.45) is 4.99 Å². The Labute approximate surface area is 182 Å². The van der Waals surface area contributed by atoms with Gasteiger partial charge in [-0.15, -0.1) is 11.3 Å². The molecule has 2 aromatic heterocycles. The second-order valence-electron chi connectivity index (χ2n) is 7.30. The highest BCUT2D eigenvalue weighted by molar-refractivity contribution is 9.10. The first-order valence-corrected chi connectivity index (χ1v) is 11.3. The summed E-state index contributed by atoms with van der Waals surface area (Å²) in [7, 11) is 0. The number of piperidine rings is 1. The molecule has 0 radical (unpaired) electrons. The minimum atomic E-state index is -0.956. The predicted molar refractivity (Wildman–Crippen MR) is 123 cm³/mol. The molecule has 1 N–H and O–H groups in total. The summed E-state index contributed by atoms with van der Waals surface area (Å²) in [5.74, 6) is -0.0777. The fraction of sp³-hybridized carbons (Fsp3) is 0.318. The van der Waals surface area contributed by atoms with E-state index in [4.69, 9.17) is 9.98 Å². The van der Waals surface area contributed by atoms with Gasteiger partial charge in [-0.3, -0.25) is 0 Å². The van der Waals surface area contributed by atoms with Gasteiger partial charge in [0.2, 0.25) is 0 Å². The van der Waals surface area contributed by atoms with Gasteiger partial charge in [0.15, 0.2) is 0 Å². The lowest BCUT2D eigenvalue weighted by Crippen LogP contribution is -2.33. The van der Waals surface area contributed by atoms with E-state index in [2.05, 4.69) is 20.8 Å². The van der Waals surface area contributed by atoms with Crippen molar-refractivity contribution in [1.82, 2.24) is 9.88 Å². The Morgan fingerprint density at radius 1 is 1.21 bits per heavy atom. The van der Waals surface area contributed by atoms with Crippen molar-refractivity contribution in [3.8, 4) is 11.3 Å². The van der Waals surface area contributed by atoms with Crippen LogP contribution in [0.5, 0.6) is 0 Å². The third-order valence-corrected chi connectivity index (χ3v) is 6.85. The number of amidine groups is 1. The lowest BCUT2D eigenvalue weighted by Gasteiger charge is -2.28. The average Bonchev–Trinajstić information content (AvgIpc) is 3.08. The fourth-order valence-electron chi connectivity index (χ4n) is 3.73. The summed E-state index contributed by atoms with van der Waals surface area (Å²) in [4.78, 5) is 24.7. The number of hydrogen-bond donors (Lipinski definition) is 1. The van der Waals surface area contributed by atoms with Crippen molar-refractivity contribution in [3.05, 3.63) is 45.2 Å². The Balaban J connectivity index is 1.84. The van der Waals surface area contributed by atoms with Crippen LogP contribution >= 0.6 is 27.3 Å². The monoisotopic (exact) mass is 471 g/mol. The largest absolute Gasteiger partial charge is 0.477 e. The average molecular weight is 472 g/mol. The Bertz CT molecular complexity index is 1100. The van der Waals surface area contributed by atoms with Crippen LogP contribution in [-0.2, 0) is 0 Å². The smallest absolute Gasteiger partial charge is 0.348 e. The minimum Gasteiger partial charge on any atom is -0.477 e. The molecule has 4 rings (SSSR count). The summed E-state index contributed by atoms with van der Waals surface area (Å²) in [6.45, 7) is 5.93. The Kier molecular flexibility index (Phi) is 5.69. The normalized spacial score (nSPS) is 15.1. The maximum atomic E-state index is 11.9. The quantitative estimate of drug-likeness (QED) is 0.361. The summed E-state index contributed by atoms with van der Waals surface area (Å²) in [6, 6.07) is 9.97. The van der Waals surface area contributed by atoms with Crippen LogP contribution in [0.15, 0.2) is 39.8 Å². The number of carboxylic acid groups (broad SMARTS) is 1. The summed E-state index contributed by atoms with van der Waals surface area (Å²) in [6.07, 6.45) is 3.55. The number of nitrogens with zero attached hydrogens (tertiary/aromatic N) is 3. The number of likely N-dealkylation sites (tertiary alicyclic amines) is 1. The summed E-state index contributed by atoms with van der Waals surface area (Å²) in [5.41, 5.74) is 3.36. The second kappa shape index (κ2) is 8.24. The number of hydrogen-bond acceptors (Lipinski definition) is 4. The summed E-state index contributed by atoms with van der Waals surface area (Å²) >= 11 is 4.66. The van der Waals surface area contributed by atoms with Gasteiger partial charge in [0.05, 0.1) is 5.69 Å². The van der Waals surface area contributed by atoms with Crippen LogP contribution in [0.1, 0.15) is 41.4 Å². The first kappa shape index (κ1) is 20.0. The third-order valence-electron chi connectivity index (χ3n) is 5.26. The minimum absolute atomic E-state index is 0.250. The van der Waals surface area contributed by atoms with Crippen molar-refractivity contribution in [2.45, 2.75) is 33.1 Å². The second-order valence-corrected chi connectivity index (χ2v) is 9.22. The first-order valence-electron chi connectivity index (χ1n) is 9.67. The maximum absolute atomic E-state index is 11.9. The molecule has 0 spiro atoms. The Hall–Kier alpha value is -2.25. The summed E-state index contributed by atoms with van der Waals surface area (Å²) < 4.78 is 1.01. The van der Waals surface area contributed by atoms with Crippen LogP contribution in [0.3, 0.4) is 0 Å². The number of aryl methyl sites for hydroxylation is 1. The molecule has 1 saturated heterocycles. The van der Waals surface area contributed by atoms with E-state index < -0.39 is 5.97 Å². The maximum Gasteiger partial charge on any atom is 0.348 e. The molecular formula is C22H22BrN3O2S. The molecule has 0 unspecified atom stereocenters. The molecule has 29 heavy (non-hydrogen) atoms. The van der Waals surface area contributed by atoms with Crippen LogP contribution in [0.25, 0.3) is 21.5 Å². The molecule has 0 saturated carbocycles. The van der Waals surface area contributed by atoms with Gasteiger partial charge in [0, 0.05) is 28.5 Å². The van der Waals surface area contributed by atoms with Gasteiger partial charge in [-0.2, -0.15) is 0 Å². The molecule has 0 bridgehead atoms. The van der Waals surface area contributed by atoms with Crippen molar-refractivity contribution in [2.75, 3.05) is 13.1 Å². The van der Waals surface area contributed by atoms with Gasteiger partial charge in [-0.1, -0.05) is 28.1 Å². The van der Waals surface area contributed by atoms with Crippen LogP contribution in [-0.4, -0.2) is 39.9 Å². The number of pyridine rings is 1. The highest BCUT2D eigenvalue weighted by atomic mass is 79.9. The van der Waals surface area contributed by atoms with E-state index in [1.165, 1.54) is 17.8 Å². The third kappa shape index (κ3) is 4.07. The predicted octanol–water partition coefficient (Wildman–Crippen LogP) is 6.27. The number of halogens is 1. The van der Waals surface area contributed by atoms with E-state index >= 15 is 0 Å². The number of fused-ring (bicyclic) bond motifs is 1. The van der Waals surface area contributed by atoms with Crippen molar-refractivity contribution in [1.29, 1.82) is 0 Å². The fourth-order valence-corrected chi connectivity index (χ4v) is 5.03. The molecule has 1 aliphatic rings. The number of aliphatic imine (C=N–C) groups is 1. The zero-order valence-corrected chi connectivity index (χ0v) is 18.8. The molecular weight excluding hydrogens is 450 g/mol. The van der Waals surface area contributed by atoms with E-state index in [0.717, 1.165) is 58.4 Å². The molecule has 0 amide bonds. The number of carbonyl (C=O) groups is 1. The zero-order chi connectivity index (χ0) is 20.5. The van der Waals surface area contributed by atoms with Crippen LogP contribution in [0.4, 0.5) is 5.69 Å².